The first-order chi connectivity index (χ1) is 8.82. The average molecular weight is 279 g/mol. The number of esters is 1. The third-order valence-electron chi connectivity index (χ3n) is 2.12. The van der Waals surface area contributed by atoms with Crippen LogP contribution in [0.1, 0.15) is 12.1 Å². The number of hydrogen-bond donors (Lipinski definition) is 1. The number of halogens is 3. The zero-order chi connectivity index (χ0) is 14.5. The Morgan fingerprint density at radius 2 is 2.16 bits per heavy atom. The molecule has 0 radical (unpaired) electrons. The van der Waals surface area contributed by atoms with Crippen molar-refractivity contribution in [2.75, 3.05) is 13.7 Å². The Morgan fingerprint density at radius 1 is 1.47 bits per heavy atom. The van der Waals surface area contributed by atoms with Crippen molar-refractivity contribution in [3.8, 4) is 0 Å². The van der Waals surface area contributed by atoms with E-state index in [1.807, 2.05) is 0 Å². The molecule has 0 aromatic carbocycles. The Labute approximate surface area is 106 Å². The van der Waals surface area contributed by atoms with E-state index in [1.165, 1.54) is 7.11 Å². The van der Waals surface area contributed by atoms with E-state index in [9.17, 15) is 22.8 Å². The van der Waals surface area contributed by atoms with E-state index in [-0.39, 0.29) is 19.5 Å². The van der Waals surface area contributed by atoms with Crippen molar-refractivity contribution >= 4 is 11.9 Å². The lowest BCUT2D eigenvalue weighted by Crippen LogP contribution is -2.30. The molecule has 0 unspecified atom stereocenters. The van der Waals surface area contributed by atoms with Gasteiger partial charge in [0.15, 0.2) is 5.69 Å². The molecule has 0 aliphatic rings. The molecule has 1 heterocycles. The molecule has 1 rings (SSSR count). The molecule has 0 spiro atoms. The summed E-state index contributed by atoms with van der Waals surface area (Å²) in [5.74, 6) is -1.03. The Kier molecular flexibility index (Phi) is 4.90. The maximum absolute atomic E-state index is 12.2. The van der Waals surface area contributed by atoms with E-state index in [0.29, 0.717) is 0 Å². The second-order valence-electron chi connectivity index (χ2n) is 3.57. The first-order valence-corrected chi connectivity index (χ1v) is 5.27. The number of nitrogens with one attached hydrogen (secondary N) is 1. The smallest absolute Gasteiger partial charge is 0.435 e. The minimum Gasteiger partial charge on any atom is -0.469 e. The molecule has 19 heavy (non-hydrogen) atoms. The molecule has 0 bridgehead atoms. The molecule has 0 aliphatic heterocycles. The van der Waals surface area contributed by atoms with E-state index < -0.39 is 23.7 Å². The molecule has 1 aromatic rings. The number of aromatic nitrogens is 2. The quantitative estimate of drug-likeness (QED) is 0.800. The zero-order valence-corrected chi connectivity index (χ0v) is 10.0. The van der Waals surface area contributed by atoms with Crippen LogP contribution >= 0.6 is 0 Å². The molecule has 1 N–H and O–H groups in total. The summed E-state index contributed by atoms with van der Waals surface area (Å²) < 4.78 is 42.0. The summed E-state index contributed by atoms with van der Waals surface area (Å²) in [4.78, 5) is 22.1. The molecule has 0 saturated carbocycles. The fraction of sp³-hybridized carbons (Fsp3) is 0.500. The maximum atomic E-state index is 12.2. The van der Waals surface area contributed by atoms with Crippen LogP contribution < -0.4 is 5.32 Å². The highest BCUT2D eigenvalue weighted by Crippen LogP contribution is 2.27. The number of methoxy groups -OCH3 is 1. The summed E-state index contributed by atoms with van der Waals surface area (Å²) in [6, 6.07) is 0.779. The fourth-order valence-corrected chi connectivity index (χ4v) is 1.21. The van der Waals surface area contributed by atoms with Gasteiger partial charge in [-0.3, -0.25) is 14.3 Å². The topological polar surface area (TPSA) is 73.2 Å². The van der Waals surface area contributed by atoms with Crippen LogP contribution in [0.2, 0.25) is 0 Å². The minimum atomic E-state index is -4.54. The van der Waals surface area contributed by atoms with Gasteiger partial charge in [-0.2, -0.15) is 18.3 Å². The summed E-state index contributed by atoms with van der Waals surface area (Å²) in [5.41, 5.74) is -1.06. The van der Waals surface area contributed by atoms with Gasteiger partial charge in [0.25, 0.3) is 0 Å². The second kappa shape index (κ2) is 6.21. The number of rotatable bonds is 5. The summed E-state index contributed by atoms with van der Waals surface area (Å²) >= 11 is 0. The van der Waals surface area contributed by atoms with Crippen molar-refractivity contribution in [3.63, 3.8) is 0 Å². The number of hydrogen-bond acceptors (Lipinski definition) is 4. The summed E-state index contributed by atoms with van der Waals surface area (Å²) in [5, 5.41) is 5.58. The van der Waals surface area contributed by atoms with Gasteiger partial charge in [0.2, 0.25) is 5.91 Å². The van der Waals surface area contributed by atoms with Crippen molar-refractivity contribution < 1.29 is 27.5 Å². The molecule has 6 nitrogen and oxygen atoms in total. The van der Waals surface area contributed by atoms with Gasteiger partial charge in [-0.1, -0.05) is 0 Å². The van der Waals surface area contributed by atoms with Crippen molar-refractivity contribution in [1.82, 2.24) is 15.1 Å². The van der Waals surface area contributed by atoms with Gasteiger partial charge in [0, 0.05) is 12.7 Å². The van der Waals surface area contributed by atoms with Gasteiger partial charge in [-0.05, 0) is 6.07 Å². The number of nitrogens with zero attached hydrogens (tertiary/aromatic N) is 2. The standard InChI is InChI=1S/C10H12F3N3O3/c1-19-9(18)2-4-14-8(17)6-16-5-3-7(15-16)10(11,12)13/h3,5H,2,4,6H2,1H3,(H,14,17). The lowest BCUT2D eigenvalue weighted by Gasteiger charge is -2.05. The van der Waals surface area contributed by atoms with Crippen LogP contribution in [0.4, 0.5) is 13.2 Å². The number of ether oxygens (including phenoxy) is 1. The molecule has 0 fully saturated rings. The van der Waals surface area contributed by atoms with E-state index in [0.717, 1.165) is 16.9 Å². The van der Waals surface area contributed by atoms with Crippen LogP contribution in [0, 0.1) is 0 Å². The Morgan fingerprint density at radius 3 is 2.68 bits per heavy atom. The maximum Gasteiger partial charge on any atom is 0.435 e. The molecule has 0 aliphatic carbocycles. The first-order valence-electron chi connectivity index (χ1n) is 5.27. The molecule has 1 amide bonds. The van der Waals surface area contributed by atoms with E-state index >= 15 is 0 Å². The summed E-state index contributed by atoms with van der Waals surface area (Å²) in [6.07, 6.45) is -3.48. The molecule has 9 heteroatoms. The van der Waals surface area contributed by atoms with Crippen molar-refractivity contribution in [3.05, 3.63) is 18.0 Å². The number of carbonyl (C=O) groups is 2. The van der Waals surface area contributed by atoms with Gasteiger partial charge in [0.05, 0.1) is 13.5 Å². The van der Waals surface area contributed by atoms with Crippen LogP contribution in [-0.2, 0) is 27.0 Å². The molecule has 1 aromatic heterocycles. The predicted molar refractivity (Wildman–Crippen MR) is 56.9 cm³/mol. The molecular formula is C10H12F3N3O3. The predicted octanol–water partition coefficient (Wildman–Crippen LogP) is 0.581. The van der Waals surface area contributed by atoms with E-state index in [2.05, 4.69) is 15.2 Å². The van der Waals surface area contributed by atoms with Crippen LogP contribution in [0.5, 0.6) is 0 Å². The highest BCUT2D eigenvalue weighted by molar-refractivity contribution is 5.76. The molecule has 0 atom stereocenters. The molecular weight excluding hydrogens is 267 g/mol. The normalized spacial score (nSPS) is 11.2. The lowest BCUT2D eigenvalue weighted by atomic mass is 10.4. The van der Waals surface area contributed by atoms with Crippen molar-refractivity contribution in [2.24, 2.45) is 0 Å². The molecule has 0 saturated heterocycles. The number of amides is 1. The van der Waals surface area contributed by atoms with Crippen LogP contribution in [0.3, 0.4) is 0 Å². The van der Waals surface area contributed by atoms with Crippen molar-refractivity contribution in [1.29, 1.82) is 0 Å². The van der Waals surface area contributed by atoms with E-state index in [4.69, 9.17) is 0 Å². The number of alkyl halides is 3. The Hall–Kier alpha value is -2.06. The number of carbonyl (C=O) groups excluding carboxylic acids is 2. The third-order valence-corrected chi connectivity index (χ3v) is 2.12. The SMILES string of the molecule is COC(=O)CCNC(=O)Cn1ccc(C(F)(F)F)n1. The van der Waals surface area contributed by atoms with Gasteiger partial charge in [-0.25, -0.2) is 0 Å². The highest BCUT2D eigenvalue weighted by Gasteiger charge is 2.33. The molecule has 106 valence electrons. The summed E-state index contributed by atoms with van der Waals surface area (Å²) in [6.45, 7) is -0.295. The Bertz CT molecular complexity index is 456. The third kappa shape index (κ3) is 4.98. The van der Waals surface area contributed by atoms with E-state index in [1.54, 1.807) is 0 Å². The van der Waals surface area contributed by atoms with Crippen LogP contribution in [0.15, 0.2) is 12.3 Å². The summed E-state index contributed by atoms with van der Waals surface area (Å²) in [7, 11) is 1.21. The first kappa shape index (κ1) is 15.0. The van der Waals surface area contributed by atoms with Gasteiger partial charge >= 0.3 is 12.1 Å². The zero-order valence-electron chi connectivity index (χ0n) is 10.0. The van der Waals surface area contributed by atoms with Gasteiger partial charge in [-0.15, -0.1) is 0 Å². The van der Waals surface area contributed by atoms with Crippen LogP contribution in [0.25, 0.3) is 0 Å². The Balaban J connectivity index is 2.40. The highest BCUT2D eigenvalue weighted by atomic mass is 19.4. The fourth-order valence-electron chi connectivity index (χ4n) is 1.21. The van der Waals surface area contributed by atoms with Crippen molar-refractivity contribution in [2.45, 2.75) is 19.1 Å². The van der Waals surface area contributed by atoms with Gasteiger partial charge in [0.1, 0.15) is 6.54 Å². The lowest BCUT2D eigenvalue weighted by molar-refractivity contribution is -0.142. The monoisotopic (exact) mass is 279 g/mol. The largest absolute Gasteiger partial charge is 0.469 e. The second-order valence-corrected chi connectivity index (χ2v) is 3.57. The minimum absolute atomic E-state index is 0.00481. The van der Waals surface area contributed by atoms with Crippen LogP contribution in [-0.4, -0.2) is 35.3 Å². The average Bonchev–Trinajstić information content (AvgIpc) is 2.77. The van der Waals surface area contributed by atoms with Gasteiger partial charge < -0.3 is 10.1 Å².